The Labute approximate surface area is 211 Å². The van der Waals surface area contributed by atoms with Crippen LogP contribution in [0.1, 0.15) is 16.1 Å². The summed E-state index contributed by atoms with van der Waals surface area (Å²) in [6, 6.07) is 30.2. The molecule has 0 saturated carbocycles. The topological polar surface area (TPSA) is 101 Å². The van der Waals surface area contributed by atoms with E-state index in [1.165, 1.54) is 6.07 Å². The van der Waals surface area contributed by atoms with Crippen LogP contribution in [-0.2, 0) is 6.54 Å². The quantitative estimate of drug-likeness (QED) is 0.354. The van der Waals surface area contributed by atoms with Crippen LogP contribution >= 0.6 is 0 Å². The monoisotopic (exact) mass is 483 g/mol. The predicted molar refractivity (Wildman–Crippen MR) is 144 cm³/mol. The molecule has 37 heavy (non-hydrogen) atoms. The number of benzene rings is 3. The maximum Gasteiger partial charge on any atom is 0.268 e. The van der Waals surface area contributed by atoms with Crippen molar-refractivity contribution in [2.75, 3.05) is 0 Å². The van der Waals surface area contributed by atoms with Crippen LogP contribution < -0.4 is 10.7 Å². The number of hydrogen-bond acceptors (Lipinski definition) is 5. The van der Waals surface area contributed by atoms with Crippen LogP contribution in [-0.4, -0.2) is 25.8 Å². The number of aromatic nitrogens is 4. The first-order valence-corrected chi connectivity index (χ1v) is 11.8. The Hall–Kier alpha value is -5.17. The Morgan fingerprint density at radius 2 is 1.54 bits per heavy atom. The number of pyridine rings is 2. The zero-order valence-corrected chi connectivity index (χ0v) is 19.7. The first kappa shape index (κ1) is 22.3. The lowest BCUT2D eigenvalue weighted by Crippen LogP contribution is -2.25. The van der Waals surface area contributed by atoms with Gasteiger partial charge in [-0.05, 0) is 23.8 Å². The Bertz CT molecular complexity index is 1820. The summed E-state index contributed by atoms with van der Waals surface area (Å²) in [7, 11) is 0. The second-order valence-electron chi connectivity index (χ2n) is 8.61. The van der Waals surface area contributed by atoms with E-state index < -0.39 is 5.91 Å². The van der Waals surface area contributed by atoms with Gasteiger partial charge in [-0.1, -0.05) is 72.8 Å². The van der Waals surface area contributed by atoms with Gasteiger partial charge in [-0.15, -0.1) is 0 Å². The SMILES string of the molecule is O=C(NCc1ccccc1)c1cc(=O)c2nc(-c3ccc4ncccc4c3)c(-c3ccccc3)nc2[nH]1. The molecule has 0 aliphatic heterocycles. The maximum absolute atomic E-state index is 13.1. The van der Waals surface area contributed by atoms with E-state index in [-0.39, 0.29) is 22.3 Å². The highest BCUT2D eigenvalue weighted by Crippen LogP contribution is 2.31. The standard InChI is InChI=1S/C30H21N5O2/c36-25-17-24(30(37)32-18-19-8-3-1-4-9-19)33-29-28(25)34-27(26(35-29)20-10-5-2-6-11-20)22-13-14-23-21(16-22)12-7-15-31-23/h1-17H,18H2,(H,32,37)(H,33,35,36). The number of rotatable bonds is 5. The summed E-state index contributed by atoms with van der Waals surface area (Å²) in [5.74, 6) is -0.392. The van der Waals surface area contributed by atoms with Gasteiger partial charge in [0.2, 0.25) is 5.43 Å². The van der Waals surface area contributed by atoms with Crippen molar-refractivity contribution in [1.82, 2.24) is 25.3 Å². The van der Waals surface area contributed by atoms with E-state index in [1.54, 1.807) is 6.20 Å². The first-order chi connectivity index (χ1) is 18.2. The Morgan fingerprint density at radius 3 is 2.35 bits per heavy atom. The summed E-state index contributed by atoms with van der Waals surface area (Å²) in [6.45, 7) is 0.344. The molecule has 3 aromatic heterocycles. The summed E-state index contributed by atoms with van der Waals surface area (Å²) in [5, 5.41) is 3.80. The number of carbonyl (C=O) groups excluding carboxylic acids is 1. The summed E-state index contributed by atoms with van der Waals surface area (Å²) in [6.07, 6.45) is 1.75. The third-order valence-corrected chi connectivity index (χ3v) is 6.12. The molecule has 0 saturated heterocycles. The van der Waals surface area contributed by atoms with Gasteiger partial charge in [-0.2, -0.15) is 0 Å². The Balaban J connectivity index is 1.47. The summed E-state index contributed by atoms with van der Waals surface area (Å²) < 4.78 is 0. The first-order valence-electron chi connectivity index (χ1n) is 11.8. The lowest BCUT2D eigenvalue weighted by atomic mass is 10.0. The second-order valence-corrected chi connectivity index (χ2v) is 8.61. The molecule has 3 heterocycles. The lowest BCUT2D eigenvalue weighted by molar-refractivity contribution is 0.0946. The van der Waals surface area contributed by atoms with E-state index in [4.69, 9.17) is 9.97 Å². The van der Waals surface area contributed by atoms with Crippen LogP contribution in [0.15, 0.2) is 108 Å². The number of carbonyl (C=O) groups is 1. The van der Waals surface area contributed by atoms with Crippen molar-refractivity contribution in [3.63, 3.8) is 0 Å². The molecule has 0 aliphatic carbocycles. The average Bonchev–Trinajstić information content (AvgIpc) is 2.96. The van der Waals surface area contributed by atoms with Gasteiger partial charge < -0.3 is 10.3 Å². The molecule has 0 spiro atoms. The zero-order chi connectivity index (χ0) is 25.2. The number of hydrogen-bond donors (Lipinski definition) is 2. The molecule has 0 atom stereocenters. The maximum atomic E-state index is 13.1. The van der Waals surface area contributed by atoms with Gasteiger partial charge >= 0.3 is 0 Å². The van der Waals surface area contributed by atoms with Crippen LogP contribution in [0.5, 0.6) is 0 Å². The van der Waals surface area contributed by atoms with Crippen molar-refractivity contribution in [3.8, 4) is 22.5 Å². The fourth-order valence-electron chi connectivity index (χ4n) is 4.27. The van der Waals surface area contributed by atoms with E-state index in [9.17, 15) is 9.59 Å². The molecule has 0 aliphatic rings. The fraction of sp³-hybridized carbons (Fsp3) is 0.0333. The van der Waals surface area contributed by atoms with Crippen LogP contribution in [0.25, 0.3) is 44.6 Å². The largest absolute Gasteiger partial charge is 0.347 e. The summed E-state index contributed by atoms with van der Waals surface area (Å²) >= 11 is 0. The van der Waals surface area contributed by atoms with Crippen LogP contribution in [0, 0.1) is 0 Å². The van der Waals surface area contributed by atoms with Crippen molar-refractivity contribution in [2.45, 2.75) is 6.54 Å². The second kappa shape index (κ2) is 9.47. The smallest absolute Gasteiger partial charge is 0.268 e. The van der Waals surface area contributed by atoms with Gasteiger partial charge in [-0.3, -0.25) is 14.6 Å². The Kier molecular flexibility index (Phi) is 5.71. The fourth-order valence-corrected chi connectivity index (χ4v) is 4.27. The number of nitrogens with zero attached hydrogens (tertiary/aromatic N) is 3. The molecule has 3 aromatic carbocycles. The third kappa shape index (κ3) is 4.46. The van der Waals surface area contributed by atoms with Gasteiger partial charge in [0.05, 0.1) is 16.9 Å². The van der Waals surface area contributed by atoms with Gasteiger partial charge in [-0.25, -0.2) is 9.97 Å². The molecule has 7 nitrogen and oxygen atoms in total. The minimum Gasteiger partial charge on any atom is -0.347 e. The van der Waals surface area contributed by atoms with E-state index in [0.29, 0.717) is 17.9 Å². The van der Waals surface area contributed by atoms with Gasteiger partial charge in [0.15, 0.2) is 11.2 Å². The number of nitrogens with one attached hydrogen (secondary N) is 2. The molecule has 2 N–H and O–H groups in total. The molecular weight excluding hydrogens is 462 g/mol. The number of aromatic amines is 1. The number of fused-ring (bicyclic) bond motifs is 2. The molecule has 0 fully saturated rings. The predicted octanol–water partition coefficient (Wildman–Crippen LogP) is 5.13. The van der Waals surface area contributed by atoms with E-state index in [2.05, 4.69) is 15.3 Å². The zero-order valence-electron chi connectivity index (χ0n) is 19.7. The van der Waals surface area contributed by atoms with Crippen molar-refractivity contribution in [3.05, 3.63) is 125 Å². The Morgan fingerprint density at radius 1 is 0.784 bits per heavy atom. The van der Waals surface area contributed by atoms with Crippen molar-refractivity contribution >= 4 is 28.0 Å². The normalized spacial score (nSPS) is 11.0. The van der Waals surface area contributed by atoms with E-state index >= 15 is 0 Å². The minimum atomic E-state index is -0.392. The summed E-state index contributed by atoms with van der Waals surface area (Å²) in [4.78, 5) is 42.9. The molecule has 0 bridgehead atoms. The molecule has 6 rings (SSSR count). The molecule has 6 aromatic rings. The van der Waals surface area contributed by atoms with Crippen molar-refractivity contribution < 1.29 is 4.79 Å². The van der Waals surface area contributed by atoms with Gasteiger partial charge in [0.1, 0.15) is 5.69 Å². The minimum absolute atomic E-state index is 0.131. The van der Waals surface area contributed by atoms with Gasteiger partial charge in [0.25, 0.3) is 5.91 Å². The molecule has 0 radical (unpaired) electrons. The molecule has 0 unspecified atom stereocenters. The number of amides is 1. The summed E-state index contributed by atoms with van der Waals surface area (Å²) in [5.41, 5.74) is 4.84. The van der Waals surface area contributed by atoms with Gasteiger partial charge in [0, 0.05) is 35.3 Å². The lowest BCUT2D eigenvalue weighted by Gasteiger charge is -2.12. The molecule has 178 valence electrons. The molecular formula is C30H21N5O2. The number of H-pyrrole nitrogens is 1. The highest BCUT2D eigenvalue weighted by molar-refractivity contribution is 5.95. The average molecular weight is 484 g/mol. The highest BCUT2D eigenvalue weighted by atomic mass is 16.2. The molecule has 7 heteroatoms. The van der Waals surface area contributed by atoms with Crippen LogP contribution in [0.2, 0.25) is 0 Å². The van der Waals surface area contributed by atoms with E-state index in [0.717, 1.165) is 27.6 Å². The molecule has 1 amide bonds. The van der Waals surface area contributed by atoms with Crippen LogP contribution in [0.3, 0.4) is 0 Å². The van der Waals surface area contributed by atoms with E-state index in [1.807, 2.05) is 91.0 Å². The van der Waals surface area contributed by atoms with Crippen molar-refractivity contribution in [2.24, 2.45) is 0 Å². The third-order valence-electron chi connectivity index (χ3n) is 6.12. The van der Waals surface area contributed by atoms with Crippen LogP contribution in [0.4, 0.5) is 0 Å². The van der Waals surface area contributed by atoms with Crippen molar-refractivity contribution in [1.29, 1.82) is 0 Å². The highest BCUT2D eigenvalue weighted by Gasteiger charge is 2.18.